The van der Waals surface area contributed by atoms with Crippen molar-refractivity contribution in [1.29, 1.82) is 0 Å². The van der Waals surface area contributed by atoms with Gasteiger partial charge in [-0.05, 0) is 30.5 Å². The summed E-state index contributed by atoms with van der Waals surface area (Å²) < 4.78 is 10.1. The molecule has 2 unspecified atom stereocenters. The highest BCUT2D eigenvalue weighted by molar-refractivity contribution is 6.30. The number of carbonyl (C=O) groups is 3. The van der Waals surface area contributed by atoms with Crippen molar-refractivity contribution in [2.45, 2.75) is 51.7 Å². The number of aliphatic carboxylic acids is 1. The average Bonchev–Trinajstić information content (AvgIpc) is 2.59. The van der Waals surface area contributed by atoms with E-state index in [1.165, 1.54) is 0 Å². The van der Waals surface area contributed by atoms with Crippen molar-refractivity contribution in [3.63, 3.8) is 0 Å². The molecule has 1 aromatic carbocycles. The van der Waals surface area contributed by atoms with Gasteiger partial charge in [-0.15, -0.1) is 0 Å². The summed E-state index contributed by atoms with van der Waals surface area (Å²) in [6.07, 6.45) is -0.322. The molecule has 0 saturated carbocycles. The van der Waals surface area contributed by atoms with Gasteiger partial charge in [-0.2, -0.15) is 0 Å². The third-order valence-corrected chi connectivity index (χ3v) is 3.81. The predicted molar refractivity (Wildman–Crippen MR) is 96.0 cm³/mol. The Morgan fingerprint density at radius 1 is 1.15 bits per heavy atom. The Labute approximate surface area is 157 Å². The van der Waals surface area contributed by atoms with Gasteiger partial charge in [-0.1, -0.05) is 37.6 Å². The summed E-state index contributed by atoms with van der Waals surface area (Å²) in [5.74, 6) is -2.21. The van der Waals surface area contributed by atoms with Crippen LogP contribution >= 0.6 is 11.6 Å². The first-order chi connectivity index (χ1) is 12.4. The van der Waals surface area contributed by atoms with Crippen LogP contribution in [0.3, 0.4) is 0 Å². The Bertz CT molecular complexity index is 604. The fourth-order valence-corrected chi connectivity index (χ4v) is 2.33. The summed E-state index contributed by atoms with van der Waals surface area (Å²) in [5, 5.41) is 12.4. The van der Waals surface area contributed by atoms with Gasteiger partial charge in [-0.3, -0.25) is 9.59 Å². The zero-order valence-electron chi connectivity index (χ0n) is 14.9. The summed E-state index contributed by atoms with van der Waals surface area (Å²) in [5.41, 5.74) is 0.594. The quantitative estimate of drug-likeness (QED) is 0.470. The standard InChI is InChI=1S/C18H24ClNO6/c1-3-5-15(21)25-16(4-2)26-18(24)20-11-10-14(17(22)23)12-6-8-13(19)9-7-12/h6-9,14,16H,3-5,10-11H2,1-2H3,(H,20,24)(H,22,23). The number of amides is 1. The molecule has 7 nitrogen and oxygen atoms in total. The van der Waals surface area contributed by atoms with Gasteiger partial charge < -0.3 is 19.9 Å². The lowest BCUT2D eigenvalue weighted by Gasteiger charge is -2.18. The first kappa shape index (κ1) is 21.8. The van der Waals surface area contributed by atoms with Crippen LogP contribution in [0, 0.1) is 0 Å². The molecule has 144 valence electrons. The number of nitrogens with one attached hydrogen (secondary N) is 1. The number of hydrogen-bond donors (Lipinski definition) is 2. The number of benzene rings is 1. The first-order valence-corrected chi connectivity index (χ1v) is 8.87. The molecule has 1 aromatic rings. The number of esters is 1. The summed E-state index contributed by atoms with van der Waals surface area (Å²) in [7, 11) is 0. The number of rotatable bonds is 10. The lowest BCUT2D eigenvalue weighted by atomic mass is 9.96. The fraction of sp³-hybridized carbons (Fsp3) is 0.500. The van der Waals surface area contributed by atoms with Gasteiger partial charge in [0.25, 0.3) is 0 Å². The van der Waals surface area contributed by atoms with Crippen molar-refractivity contribution in [2.75, 3.05) is 6.54 Å². The Morgan fingerprint density at radius 3 is 2.35 bits per heavy atom. The summed E-state index contributed by atoms with van der Waals surface area (Å²) in [6, 6.07) is 6.51. The first-order valence-electron chi connectivity index (χ1n) is 8.49. The number of carboxylic acid groups (broad SMARTS) is 1. The molecule has 2 N–H and O–H groups in total. The fourth-order valence-electron chi connectivity index (χ4n) is 2.21. The van der Waals surface area contributed by atoms with Gasteiger partial charge in [0.05, 0.1) is 5.92 Å². The zero-order valence-corrected chi connectivity index (χ0v) is 15.6. The van der Waals surface area contributed by atoms with Crippen LogP contribution in [0.15, 0.2) is 24.3 Å². The number of ether oxygens (including phenoxy) is 2. The van der Waals surface area contributed by atoms with E-state index in [9.17, 15) is 19.5 Å². The highest BCUT2D eigenvalue weighted by Crippen LogP contribution is 2.21. The van der Waals surface area contributed by atoms with Gasteiger partial charge in [-0.25, -0.2) is 4.79 Å². The molecule has 0 aliphatic heterocycles. The Kier molecular flexibility index (Phi) is 9.51. The van der Waals surface area contributed by atoms with Crippen LogP contribution < -0.4 is 5.32 Å². The van der Waals surface area contributed by atoms with E-state index < -0.39 is 30.2 Å². The molecule has 26 heavy (non-hydrogen) atoms. The van der Waals surface area contributed by atoms with Gasteiger partial charge in [0.1, 0.15) is 0 Å². The lowest BCUT2D eigenvalue weighted by molar-refractivity contribution is -0.168. The molecule has 1 amide bonds. The molecule has 0 aromatic heterocycles. The number of carbonyl (C=O) groups excluding carboxylic acids is 2. The minimum atomic E-state index is -0.998. The maximum atomic E-state index is 11.8. The normalized spacial score (nSPS) is 12.7. The van der Waals surface area contributed by atoms with E-state index in [1.807, 2.05) is 6.92 Å². The Morgan fingerprint density at radius 2 is 1.81 bits per heavy atom. The van der Waals surface area contributed by atoms with Crippen LogP contribution in [0.2, 0.25) is 5.02 Å². The smallest absolute Gasteiger partial charge is 0.410 e. The molecule has 1 rings (SSSR count). The SMILES string of the molecule is CCCC(=O)OC(CC)OC(=O)NCCC(C(=O)O)c1ccc(Cl)cc1. The Balaban J connectivity index is 2.48. The highest BCUT2D eigenvalue weighted by Gasteiger charge is 2.21. The van der Waals surface area contributed by atoms with Crippen molar-refractivity contribution in [3.05, 3.63) is 34.9 Å². The third kappa shape index (κ3) is 7.74. The van der Waals surface area contributed by atoms with Crippen molar-refractivity contribution in [1.82, 2.24) is 5.32 Å². The molecular weight excluding hydrogens is 362 g/mol. The maximum Gasteiger partial charge on any atom is 0.410 e. The van der Waals surface area contributed by atoms with Crippen LogP contribution in [0.1, 0.15) is 51.0 Å². The number of halogens is 1. The molecular formula is C18H24ClNO6. The van der Waals surface area contributed by atoms with Gasteiger partial charge in [0, 0.05) is 24.4 Å². The summed E-state index contributed by atoms with van der Waals surface area (Å²) in [4.78, 5) is 34.7. The van der Waals surface area contributed by atoms with Crippen LogP contribution in [0.25, 0.3) is 0 Å². The van der Waals surface area contributed by atoms with E-state index in [2.05, 4.69) is 5.32 Å². The Hall–Kier alpha value is -2.28. The second kappa shape index (κ2) is 11.4. The lowest BCUT2D eigenvalue weighted by Crippen LogP contribution is -2.33. The highest BCUT2D eigenvalue weighted by atomic mass is 35.5. The molecule has 0 fully saturated rings. The van der Waals surface area contributed by atoms with Gasteiger partial charge >= 0.3 is 18.0 Å². The molecule has 2 atom stereocenters. The minimum absolute atomic E-state index is 0.0950. The van der Waals surface area contributed by atoms with E-state index in [1.54, 1.807) is 31.2 Å². The molecule has 0 heterocycles. The van der Waals surface area contributed by atoms with Crippen molar-refractivity contribution in [3.8, 4) is 0 Å². The van der Waals surface area contributed by atoms with E-state index in [0.29, 0.717) is 23.4 Å². The van der Waals surface area contributed by atoms with Crippen LogP contribution in [0.4, 0.5) is 4.79 Å². The summed E-state index contributed by atoms with van der Waals surface area (Å²) in [6.45, 7) is 3.66. The maximum absolute atomic E-state index is 11.8. The molecule has 0 aliphatic carbocycles. The van der Waals surface area contributed by atoms with Crippen LogP contribution in [-0.4, -0.2) is 36.0 Å². The monoisotopic (exact) mass is 385 g/mol. The van der Waals surface area contributed by atoms with Crippen molar-refractivity contribution in [2.24, 2.45) is 0 Å². The third-order valence-electron chi connectivity index (χ3n) is 3.56. The zero-order chi connectivity index (χ0) is 19.5. The predicted octanol–water partition coefficient (Wildman–Crippen LogP) is 3.70. The van der Waals surface area contributed by atoms with Gasteiger partial charge in [0.15, 0.2) is 0 Å². The molecule has 0 aliphatic rings. The molecule has 0 bridgehead atoms. The number of carboxylic acids is 1. The molecule has 0 spiro atoms. The number of hydrogen-bond acceptors (Lipinski definition) is 5. The largest absolute Gasteiger partial charge is 0.481 e. The second-order valence-electron chi connectivity index (χ2n) is 5.64. The number of alkyl carbamates (subject to hydrolysis) is 1. The molecule has 0 saturated heterocycles. The van der Waals surface area contributed by atoms with Gasteiger partial charge in [0.2, 0.25) is 6.29 Å². The average molecular weight is 386 g/mol. The van der Waals surface area contributed by atoms with Crippen molar-refractivity contribution < 1.29 is 29.0 Å². The van der Waals surface area contributed by atoms with Crippen LogP contribution in [-0.2, 0) is 19.1 Å². The van der Waals surface area contributed by atoms with E-state index >= 15 is 0 Å². The molecule has 8 heteroatoms. The van der Waals surface area contributed by atoms with E-state index in [4.69, 9.17) is 21.1 Å². The van der Waals surface area contributed by atoms with Crippen molar-refractivity contribution >= 4 is 29.6 Å². The topological polar surface area (TPSA) is 102 Å². The van der Waals surface area contributed by atoms with Crippen LogP contribution in [0.5, 0.6) is 0 Å². The van der Waals surface area contributed by atoms with E-state index in [0.717, 1.165) is 0 Å². The summed E-state index contributed by atoms with van der Waals surface area (Å²) >= 11 is 5.80. The minimum Gasteiger partial charge on any atom is -0.481 e. The van der Waals surface area contributed by atoms with E-state index in [-0.39, 0.29) is 19.4 Å². The second-order valence-corrected chi connectivity index (χ2v) is 6.08. The molecule has 0 radical (unpaired) electrons.